The van der Waals surface area contributed by atoms with Gasteiger partial charge in [-0.15, -0.1) is 10.2 Å². The number of hydrogen-bond donors (Lipinski definition) is 0. The van der Waals surface area contributed by atoms with Gasteiger partial charge in [-0.1, -0.05) is 12.1 Å². The average molecular weight is 342 g/mol. The summed E-state index contributed by atoms with van der Waals surface area (Å²) in [5.41, 5.74) is 2.52. The van der Waals surface area contributed by atoms with Gasteiger partial charge in [0.15, 0.2) is 5.82 Å². The Bertz CT molecular complexity index is 737. The van der Waals surface area contributed by atoms with Gasteiger partial charge in [0, 0.05) is 39.2 Å². The first-order valence-electron chi connectivity index (χ1n) is 9.14. The lowest BCUT2D eigenvalue weighted by Gasteiger charge is -2.20. The molecule has 4 rings (SSSR count). The molecule has 3 heterocycles. The number of aromatic nitrogens is 3. The standard InChI is InChI=1S/C19H26N4O2/c1-14-12-15(5-6-16(14)24-2)13-22-8-7-18-20-21-19(23(18)10-9-22)17-4-3-11-25-17/h5-6,12,17H,3-4,7-11,13H2,1-2H3/t17-/m0/s1. The molecule has 134 valence electrons. The Morgan fingerprint density at radius 2 is 2.16 bits per heavy atom. The van der Waals surface area contributed by atoms with E-state index in [2.05, 4.69) is 44.8 Å². The van der Waals surface area contributed by atoms with Gasteiger partial charge in [-0.3, -0.25) is 4.90 Å². The summed E-state index contributed by atoms with van der Waals surface area (Å²) in [5.74, 6) is 3.07. The van der Waals surface area contributed by atoms with Gasteiger partial charge in [0.1, 0.15) is 17.7 Å². The van der Waals surface area contributed by atoms with Crippen molar-refractivity contribution in [2.45, 2.75) is 45.4 Å². The summed E-state index contributed by atoms with van der Waals surface area (Å²) in [6, 6.07) is 6.45. The SMILES string of the molecule is COc1ccc(CN2CCc3nnc([C@@H]4CCCO4)n3CC2)cc1C. The van der Waals surface area contributed by atoms with Crippen molar-refractivity contribution in [2.24, 2.45) is 0 Å². The number of hydrogen-bond acceptors (Lipinski definition) is 5. The van der Waals surface area contributed by atoms with E-state index in [0.717, 1.165) is 69.4 Å². The van der Waals surface area contributed by atoms with Crippen molar-refractivity contribution in [3.05, 3.63) is 41.0 Å². The average Bonchev–Trinajstić information content (AvgIpc) is 3.23. The van der Waals surface area contributed by atoms with Gasteiger partial charge in [-0.2, -0.15) is 0 Å². The molecule has 1 saturated heterocycles. The molecule has 0 unspecified atom stereocenters. The molecule has 2 aliphatic heterocycles. The van der Waals surface area contributed by atoms with E-state index in [4.69, 9.17) is 9.47 Å². The third-order valence-electron chi connectivity index (χ3n) is 5.23. The first kappa shape index (κ1) is 16.5. The monoisotopic (exact) mass is 342 g/mol. The van der Waals surface area contributed by atoms with Gasteiger partial charge < -0.3 is 14.0 Å². The lowest BCUT2D eigenvalue weighted by Crippen LogP contribution is -2.27. The summed E-state index contributed by atoms with van der Waals surface area (Å²) in [7, 11) is 1.72. The molecular weight excluding hydrogens is 316 g/mol. The van der Waals surface area contributed by atoms with Crippen LogP contribution in [0.2, 0.25) is 0 Å². The summed E-state index contributed by atoms with van der Waals surface area (Å²) >= 11 is 0. The Kier molecular flexibility index (Phi) is 4.72. The Labute approximate surface area is 148 Å². The van der Waals surface area contributed by atoms with E-state index >= 15 is 0 Å². The fraction of sp³-hybridized carbons (Fsp3) is 0.579. The van der Waals surface area contributed by atoms with Crippen molar-refractivity contribution in [1.82, 2.24) is 19.7 Å². The van der Waals surface area contributed by atoms with E-state index in [0.29, 0.717) is 0 Å². The number of aryl methyl sites for hydroxylation is 1. The molecule has 1 aromatic carbocycles. The molecule has 1 atom stereocenters. The highest BCUT2D eigenvalue weighted by Gasteiger charge is 2.26. The highest BCUT2D eigenvalue weighted by Crippen LogP contribution is 2.28. The molecule has 0 aliphatic carbocycles. The van der Waals surface area contributed by atoms with Gasteiger partial charge in [0.25, 0.3) is 0 Å². The van der Waals surface area contributed by atoms with E-state index in [1.54, 1.807) is 7.11 Å². The molecule has 2 aliphatic rings. The van der Waals surface area contributed by atoms with Crippen LogP contribution in [0.15, 0.2) is 18.2 Å². The van der Waals surface area contributed by atoms with E-state index in [-0.39, 0.29) is 6.10 Å². The van der Waals surface area contributed by atoms with Crippen LogP contribution in [-0.2, 0) is 24.2 Å². The minimum absolute atomic E-state index is 0.136. The first-order valence-corrected chi connectivity index (χ1v) is 9.14. The van der Waals surface area contributed by atoms with Crippen molar-refractivity contribution >= 4 is 0 Å². The van der Waals surface area contributed by atoms with Crippen LogP contribution in [0.4, 0.5) is 0 Å². The maximum atomic E-state index is 5.81. The van der Waals surface area contributed by atoms with Crippen LogP contribution in [0.5, 0.6) is 5.75 Å². The summed E-state index contributed by atoms with van der Waals surface area (Å²) < 4.78 is 13.5. The van der Waals surface area contributed by atoms with Crippen LogP contribution in [0.1, 0.15) is 41.7 Å². The van der Waals surface area contributed by atoms with Crippen molar-refractivity contribution in [2.75, 3.05) is 26.8 Å². The number of methoxy groups -OCH3 is 1. The molecular formula is C19H26N4O2. The Balaban J connectivity index is 1.44. The molecule has 1 aromatic heterocycles. The zero-order chi connectivity index (χ0) is 17.2. The van der Waals surface area contributed by atoms with Crippen LogP contribution >= 0.6 is 0 Å². The van der Waals surface area contributed by atoms with Gasteiger partial charge in [0.05, 0.1) is 7.11 Å². The second-order valence-electron chi connectivity index (χ2n) is 6.96. The third-order valence-corrected chi connectivity index (χ3v) is 5.23. The number of fused-ring (bicyclic) bond motifs is 1. The Hall–Kier alpha value is -1.92. The number of nitrogens with zero attached hydrogens (tertiary/aromatic N) is 4. The minimum Gasteiger partial charge on any atom is -0.496 e. The zero-order valence-corrected chi connectivity index (χ0v) is 15.1. The van der Waals surface area contributed by atoms with Gasteiger partial charge in [0.2, 0.25) is 0 Å². The molecule has 25 heavy (non-hydrogen) atoms. The molecule has 0 radical (unpaired) electrons. The third kappa shape index (κ3) is 3.41. The smallest absolute Gasteiger partial charge is 0.162 e. The van der Waals surface area contributed by atoms with Gasteiger partial charge in [-0.05, 0) is 37.0 Å². The van der Waals surface area contributed by atoms with Crippen LogP contribution in [0.3, 0.4) is 0 Å². The lowest BCUT2D eigenvalue weighted by molar-refractivity contribution is 0.101. The highest BCUT2D eigenvalue weighted by atomic mass is 16.5. The van der Waals surface area contributed by atoms with Gasteiger partial charge in [-0.25, -0.2) is 0 Å². The van der Waals surface area contributed by atoms with Crippen molar-refractivity contribution < 1.29 is 9.47 Å². The van der Waals surface area contributed by atoms with Crippen molar-refractivity contribution in [3.8, 4) is 5.75 Å². The second-order valence-corrected chi connectivity index (χ2v) is 6.96. The number of ether oxygens (including phenoxy) is 2. The molecule has 0 bridgehead atoms. The molecule has 0 spiro atoms. The molecule has 6 nitrogen and oxygen atoms in total. The first-order chi connectivity index (χ1) is 12.2. The van der Waals surface area contributed by atoms with E-state index in [9.17, 15) is 0 Å². The zero-order valence-electron chi connectivity index (χ0n) is 15.1. The van der Waals surface area contributed by atoms with E-state index in [1.807, 2.05) is 0 Å². The number of rotatable bonds is 4. The largest absolute Gasteiger partial charge is 0.496 e. The van der Waals surface area contributed by atoms with Gasteiger partial charge >= 0.3 is 0 Å². The lowest BCUT2D eigenvalue weighted by atomic mass is 10.1. The summed E-state index contributed by atoms with van der Waals surface area (Å²) in [6.07, 6.45) is 3.26. The normalized spacial score (nSPS) is 21.1. The minimum atomic E-state index is 0.136. The molecule has 0 N–H and O–H groups in total. The predicted octanol–water partition coefficient (Wildman–Crippen LogP) is 2.50. The highest BCUT2D eigenvalue weighted by molar-refractivity contribution is 5.36. The molecule has 2 aromatic rings. The maximum absolute atomic E-state index is 5.81. The maximum Gasteiger partial charge on any atom is 0.162 e. The molecule has 1 fully saturated rings. The van der Waals surface area contributed by atoms with E-state index in [1.165, 1.54) is 11.1 Å². The van der Waals surface area contributed by atoms with E-state index < -0.39 is 0 Å². The summed E-state index contributed by atoms with van der Waals surface area (Å²) in [6.45, 7) is 6.85. The fourth-order valence-corrected chi connectivity index (χ4v) is 3.86. The Morgan fingerprint density at radius 1 is 1.24 bits per heavy atom. The van der Waals surface area contributed by atoms with Crippen LogP contribution < -0.4 is 4.74 Å². The topological polar surface area (TPSA) is 52.4 Å². The summed E-state index contributed by atoms with van der Waals surface area (Å²) in [4.78, 5) is 2.50. The number of benzene rings is 1. The molecule has 6 heteroatoms. The molecule has 0 saturated carbocycles. The summed E-state index contributed by atoms with van der Waals surface area (Å²) in [5, 5.41) is 8.85. The molecule has 0 amide bonds. The van der Waals surface area contributed by atoms with Crippen LogP contribution in [0, 0.1) is 6.92 Å². The van der Waals surface area contributed by atoms with Crippen LogP contribution in [-0.4, -0.2) is 46.5 Å². The van der Waals surface area contributed by atoms with Crippen molar-refractivity contribution in [1.29, 1.82) is 0 Å². The quantitative estimate of drug-likeness (QED) is 0.854. The Morgan fingerprint density at radius 3 is 2.92 bits per heavy atom. The van der Waals surface area contributed by atoms with Crippen LogP contribution in [0.25, 0.3) is 0 Å². The fourth-order valence-electron chi connectivity index (χ4n) is 3.86. The second kappa shape index (κ2) is 7.14. The van der Waals surface area contributed by atoms with Crippen molar-refractivity contribution in [3.63, 3.8) is 0 Å². The predicted molar refractivity (Wildman–Crippen MR) is 94.7 cm³/mol.